The standard InChI is InChI=1S/C17H16BNO8/c1-26-16(22)11-5-3-4-8-19(14(11)17(23)27-2)13-9-10(15(20)21)6-7-12(13)18(24)25/h3-9,24-25H,1-2H3,(H,20,21). The second kappa shape index (κ2) is 8.34. The number of allylic oxidation sites excluding steroid dienone is 2. The molecule has 3 N–H and O–H groups in total. The quantitative estimate of drug-likeness (QED) is 0.464. The van der Waals surface area contributed by atoms with Gasteiger partial charge in [-0.05, 0) is 24.3 Å². The second-order valence-electron chi connectivity index (χ2n) is 5.27. The molecular formula is C17H16BNO8. The average Bonchev–Trinajstić information content (AvgIpc) is 2.88. The Morgan fingerprint density at radius 3 is 2.26 bits per heavy atom. The number of nitrogens with zero attached hydrogens (tertiary/aromatic N) is 1. The molecule has 0 amide bonds. The topological polar surface area (TPSA) is 134 Å². The maximum atomic E-state index is 12.4. The molecule has 0 saturated heterocycles. The van der Waals surface area contributed by atoms with Crippen LogP contribution >= 0.6 is 0 Å². The highest BCUT2D eigenvalue weighted by molar-refractivity contribution is 6.60. The molecule has 1 aromatic rings. The van der Waals surface area contributed by atoms with E-state index in [1.165, 1.54) is 36.6 Å². The van der Waals surface area contributed by atoms with E-state index in [-0.39, 0.29) is 28.0 Å². The zero-order valence-electron chi connectivity index (χ0n) is 14.4. The van der Waals surface area contributed by atoms with Gasteiger partial charge in [-0.15, -0.1) is 0 Å². The summed E-state index contributed by atoms with van der Waals surface area (Å²) < 4.78 is 9.44. The summed E-state index contributed by atoms with van der Waals surface area (Å²) in [5.41, 5.74) is -0.722. The number of anilines is 1. The number of carbonyl (C=O) groups is 3. The smallest absolute Gasteiger partial charge is 0.478 e. The van der Waals surface area contributed by atoms with Crippen LogP contribution in [0.3, 0.4) is 0 Å². The third-order valence-electron chi connectivity index (χ3n) is 3.70. The number of carboxylic acid groups (broad SMARTS) is 1. The molecular weight excluding hydrogens is 357 g/mol. The van der Waals surface area contributed by atoms with Crippen LogP contribution in [0.1, 0.15) is 10.4 Å². The van der Waals surface area contributed by atoms with E-state index >= 15 is 0 Å². The van der Waals surface area contributed by atoms with Crippen molar-refractivity contribution in [3.8, 4) is 0 Å². The molecule has 1 aliphatic heterocycles. The van der Waals surface area contributed by atoms with Gasteiger partial charge in [-0.3, -0.25) is 0 Å². The molecule has 2 rings (SSSR count). The van der Waals surface area contributed by atoms with Gasteiger partial charge in [-0.2, -0.15) is 0 Å². The summed E-state index contributed by atoms with van der Waals surface area (Å²) in [6.07, 6.45) is 5.61. The Labute approximate surface area is 154 Å². The lowest BCUT2D eigenvalue weighted by atomic mass is 9.78. The lowest BCUT2D eigenvalue weighted by molar-refractivity contribution is -0.139. The van der Waals surface area contributed by atoms with Gasteiger partial charge in [-0.1, -0.05) is 12.1 Å². The minimum atomic E-state index is -1.96. The highest BCUT2D eigenvalue weighted by atomic mass is 16.5. The van der Waals surface area contributed by atoms with Crippen molar-refractivity contribution >= 4 is 36.2 Å². The molecule has 10 heteroatoms. The normalized spacial score (nSPS) is 13.3. The second-order valence-corrected chi connectivity index (χ2v) is 5.27. The van der Waals surface area contributed by atoms with E-state index in [4.69, 9.17) is 9.47 Å². The number of ether oxygens (including phenoxy) is 2. The fraction of sp³-hybridized carbons (Fsp3) is 0.118. The van der Waals surface area contributed by atoms with E-state index < -0.39 is 25.0 Å². The molecule has 1 heterocycles. The zero-order valence-corrected chi connectivity index (χ0v) is 14.4. The zero-order chi connectivity index (χ0) is 20.1. The first kappa shape index (κ1) is 20.0. The molecule has 0 fully saturated rings. The summed E-state index contributed by atoms with van der Waals surface area (Å²) in [7, 11) is 0.276. The van der Waals surface area contributed by atoms with Gasteiger partial charge < -0.3 is 29.5 Å². The summed E-state index contributed by atoms with van der Waals surface area (Å²) in [4.78, 5) is 37.0. The number of rotatable bonds is 5. The third kappa shape index (κ3) is 4.07. The van der Waals surface area contributed by atoms with Gasteiger partial charge in [0.05, 0.1) is 25.4 Å². The summed E-state index contributed by atoms with van der Waals surface area (Å²) in [5, 5.41) is 28.6. The van der Waals surface area contributed by atoms with Crippen molar-refractivity contribution in [1.82, 2.24) is 0 Å². The first-order chi connectivity index (χ1) is 12.8. The Bertz CT molecular complexity index is 872. The van der Waals surface area contributed by atoms with Crippen molar-refractivity contribution in [2.45, 2.75) is 0 Å². The van der Waals surface area contributed by atoms with Crippen LogP contribution in [0.2, 0.25) is 0 Å². The van der Waals surface area contributed by atoms with E-state index in [2.05, 4.69) is 0 Å². The minimum Gasteiger partial charge on any atom is -0.478 e. The summed E-state index contributed by atoms with van der Waals surface area (Å²) in [6, 6.07) is 3.52. The molecule has 0 spiro atoms. The van der Waals surface area contributed by atoms with Gasteiger partial charge in [0.15, 0.2) is 0 Å². The Kier molecular flexibility index (Phi) is 6.17. The molecule has 1 aliphatic rings. The van der Waals surface area contributed by atoms with E-state index in [1.54, 1.807) is 0 Å². The molecule has 9 nitrogen and oxygen atoms in total. The number of esters is 2. The Balaban J connectivity index is 2.81. The van der Waals surface area contributed by atoms with Gasteiger partial charge in [0, 0.05) is 17.4 Å². The van der Waals surface area contributed by atoms with Crippen molar-refractivity contribution in [2.75, 3.05) is 19.1 Å². The molecule has 27 heavy (non-hydrogen) atoms. The monoisotopic (exact) mass is 373 g/mol. The first-order valence-corrected chi connectivity index (χ1v) is 7.60. The van der Waals surface area contributed by atoms with Gasteiger partial charge in [0.2, 0.25) is 0 Å². The Hall–Kier alpha value is -3.37. The fourth-order valence-corrected chi connectivity index (χ4v) is 2.45. The number of aromatic carboxylic acids is 1. The van der Waals surface area contributed by atoms with Gasteiger partial charge in [-0.25, -0.2) is 14.4 Å². The number of carbonyl (C=O) groups excluding carboxylic acids is 2. The molecule has 0 atom stereocenters. The van der Waals surface area contributed by atoms with Crippen LogP contribution < -0.4 is 10.4 Å². The third-order valence-corrected chi connectivity index (χ3v) is 3.70. The molecule has 0 aromatic heterocycles. The predicted octanol–water partition coefficient (Wildman–Crippen LogP) is -0.445. The first-order valence-electron chi connectivity index (χ1n) is 7.60. The largest absolute Gasteiger partial charge is 0.490 e. The van der Waals surface area contributed by atoms with Crippen molar-refractivity contribution in [3.05, 3.63) is 59.5 Å². The van der Waals surface area contributed by atoms with Gasteiger partial charge >= 0.3 is 25.0 Å². The Morgan fingerprint density at radius 1 is 1.04 bits per heavy atom. The highest BCUT2D eigenvalue weighted by Gasteiger charge is 2.30. The molecule has 0 aliphatic carbocycles. The number of hydrogen-bond donors (Lipinski definition) is 3. The van der Waals surface area contributed by atoms with Crippen molar-refractivity contribution in [3.63, 3.8) is 0 Å². The maximum Gasteiger partial charge on any atom is 0.490 e. The van der Waals surface area contributed by atoms with E-state index in [1.807, 2.05) is 0 Å². The van der Waals surface area contributed by atoms with Crippen molar-refractivity contribution < 1.29 is 39.0 Å². The van der Waals surface area contributed by atoms with Gasteiger partial charge in [0.25, 0.3) is 0 Å². The average molecular weight is 373 g/mol. The minimum absolute atomic E-state index is 0.0355. The van der Waals surface area contributed by atoms with E-state index in [0.29, 0.717) is 0 Å². The van der Waals surface area contributed by atoms with Crippen LogP contribution in [0.25, 0.3) is 0 Å². The highest BCUT2D eigenvalue weighted by Crippen LogP contribution is 2.26. The summed E-state index contributed by atoms with van der Waals surface area (Å²) >= 11 is 0. The van der Waals surface area contributed by atoms with E-state index in [0.717, 1.165) is 25.2 Å². The molecule has 140 valence electrons. The lowest BCUT2D eigenvalue weighted by Crippen LogP contribution is -2.37. The Morgan fingerprint density at radius 2 is 1.70 bits per heavy atom. The fourth-order valence-electron chi connectivity index (χ4n) is 2.45. The van der Waals surface area contributed by atoms with Crippen LogP contribution in [0.4, 0.5) is 5.69 Å². The lowest BCUT2D eigenvalue weighted by Gasteiger charge is -2.25. The van der Waals surface area contributed by atoms with Crippen molar-refractivity contribution in [1.29, 1.82) is 0 Å². The number of hydrogen-bond acceptors (Lipinski definition) is 8. The molecule has 0 saturated carbocycles. The van der Waals surface area contributed by atoms with E-state index in [9.17, 15) is 29.5 Å². The molecule has 0 unspecified atom stereocenters. The number of methoxy groups -OCH3 is 2. The van der Waals surface area contributed by atoms with Crippen LogP contribution in [0, 0.1) is 0 Å². The molecule has 0 radical (unpaired) electrons. The number of benzene rings is 1. The number of carboxylic acids is 1. The van der Waals surface area contributed by atoms with Crippen LogP contribution in [-0.2, 0) is 19.1 Å². The van der Waals surface area contributed by atoms with Gasteiger partial charge in [0.1, 0.15) is 5.70 Å². The maximum absolute atomic E-state index is 12.4. The summed E-state index contributed by atoms with van der Waals surface area (Å²) in [6.45, 7) is 0. The van der Waals surface area contributed by atoms with Crippen LogP contribution in [0.5, 0.6) is 0 Å². The predicted molar refractivity (Wildman–Crippen MR) is 95.0 cm³/mol. The van der Waals surface area contributed by atoms with Crippen LogP contribution in [-0.4, -0.2) is 54.4 Å². The summed E-state index contributed by atoms with van der Waals surface area (Å²) in [5.74, 6) is -3.00. The van der Waals surface area contributed by atoms with Crippen LogP contribution in [0.15, 0.2) is 53.9 Å². The van der Waals surface area contributed by atoms with Crippen molar-refractivity contribution in [2.24, 2.45) is 0 Å². The SMILES string of the molecule is COC(=O)C1=C(C(=O)OC)N(c2cc(C(=O)O)ccc2B(O)O)C=CC=C1. The molecule has 1 aromatic carbocycles. The molecule has 0 bridgehead atoms.